The average molecular weight is 396 g/mol. The Morgan fingerprint density at radius 3 is 2.61 bits per heavy atom. The van der Waals surface area contributed by atoms with Crippen LogP contribution in [0.25, 0.3) is 0 Å². The lowest BCUT2D eigenvalue weighted by Crippen LogP contribution is -2.15. The number of sulfonamides is 1. The number of H-pyrrole nitrogens is 1. The molecule has 0 bridgehead atoms. The number of imidazole rings is 1. The van der Waals surface area contributed by atoms with Crippen LogP contribution in [0.3, 0.4) is 0 Å². The maximum Gasteiger partial charge on any atom is 0.279 e. The molecule has 96 valence electrons. The van der Waals surface area contributed by atoms with E-state index in [9.17, 15) is 8.42 Å². The molecule has 1 heterocycles. The van der Waals surface area contributed by atoms with E-state index in [-0.39, 0.29) is 10.7 Å². The van der Waals surface area contributed by atoms with Gasteiger partial charge >= 0.3 is 0 Å². The summed E-state index contributed by atoms with van der Waals surface area (Å²) in [7, 11) is -3.72. The standard InChI is InChI=1S/C9H8Br2N4O2S/c10-5-1-6(11)9(7(12)2-5)15-18(16,17)8-3-13-4-14-8/h1-4,15H,12H2,(H,13,14). The lowest BCUT2D eigenvalue weighted by molar-refractivity contribution is 0.598. The van der Waals surface area contributed by atoms with Gasteiger partial charge in [-0.25, -0.2) is 4.98 Å². The van der Waals surface area contributed by atoms with Crippen molar-refractivity contribution in [3.63, 3.8) is 0 Å². The summed E-state index contributed by atoms with van der Waals surface area (Å²) >= 11 is 6.51. The van der Waals surface area contributed by atoms with Crippen LogP contribution in [-0.2, 0) is 10.0 Å². The number of nitrogens with zero attached hydrogens (tertiary/aromatic N) is 1. The number of hydrogen-bond donors (Lipinski definition) is 3. The summed E-state index contributed by atoms with van der Waals surface area (Å²) in [6, 6.07) is 3.30. The fourth-order valence-corrected chi connectivity index (χ4v) is 3.78. The van der Waals surface area contributed by atoms with Crippen LogP contribution < -0.4 is 10.5 Å². The summed E-state index contributed by atoms with van der Waals surface area (Å²) < 4.78 is 27.6. The van der Waals surface area contributed by atoms with Gasteiger partial charge in [0.05, 0.1) is 23.9 Å². The summed E-state index contributed by atoms with van der Waals surface area (Å²) in [5.74, 6) is 0. The topological polar surface area (TPSA) is 101 Å². The van der Waals surface area contributed by atoms with E-state index >= 15 is 0 Å². The monoisotopic (exact) mass is 394 g/mol. The Morgan fingerprint density at radius 2 is 2.06 bits per heavy atom. The Labute approximate surface area is 120 Å². The molecule has 0 amide bonds. The SMILES string of the molecule is Nc1cc(Br)cc(Br)c1NS(=O)(=O)c1cnc[nH]1. The van der Waals surface area contributed by atoms with Crippen molar-refractivity contribution < 1.29 is 8.42 Å². The number of nitrogens with two attached hydrogens (primary N) is 1. The maximum atomic E-state index is 12.0. The number of anilines is 2. The lowest BCUT2D eigenvalue weighted by Gasteiger charge is -2.11. The Balaban J connectivity index is 2.42. The zero-order chi connectivity index (χ0) is 13.3. The first-order valence-corrected chi connectivity index (χ1v) is 7.73. The van der Waals surface area contributed by atoms with Crippen molar-refractivity contribution in [2.45, 2.75) is 5.03 Å². The van der Waals surface area contributed by atoms with Gasteiger partial charge in [-0.1, -0.05) is 15.9 Å². The van der Waals surface area contributed by atoms with Crippen LogP contribution in [0.1, 0.15) is 0 Å². The molecule has 2 aromatic rings. The largest absolute Gasteiger partial charge is 0.397 e. The number of nitrogens with one attached hydrogen (secondary N) is 2. The second-order valence-electron chi connectivity index (χ2n) is 3.37. The molecular weight excluding hydrogens is 388 g/mol. The van der Waals surface area contributed by atoms with Crippen LogP contribution in [0.5, 0.6) is 0 Å². The van der Waals surface area contributed by atoms with Gasteiger partial charge in [0.15, 0.2) is 5.03 Å². The van der Waals surface area contributed by atoms with Gasteiger partial charge in [0.25, 0.3) is 10.0 Å². The molecule has 0 radical (unpaired) electrons. The molecule has 1 aromatic carbocycles. The minimum atomic E-state index is -3.72. The van der Waals surface area contributed by atoms with Crippen molar-refractivity contribution >= 4 is 53.3 Å². The van der Waals surface area contributed by atoms with Crippen LogP contribution in [0, 0.1) is 0 Å². The van der Waals surface area contributed by atoms with Crippen molar-refractivity contribution in [1.29, 1.82) is 0 Å². The van der Waals surface area contributed by atoms with Crippen molar-refractivity contribution in [3.05, 3.63) is 33.6 Å². The van der Waals surface area contributed by atoms with Crippen LogP contribution in [0.15, 0.2) is 38.6 Å². The molecule has 0 fully saturated rings. The molecule has 0 saturated heterocycles. The third-order valence-electron chi connectivity index (χ3n) is 2.08. The van der Waals surface area contributed by atoms with Crippen LogP contribution in [0.2, 0.25) is 0 Å². The molecule has 9 heteroatoms. The Bertz CT molecular complexity index is 647. The second kappa shape index (κ2) is 4.90. The smallest absolute Gasteiger partial charge is 0.279 e. The predicted molar refractivity (Wildman–Crippen MR) is 75.7 cm³/mol. The van der Waals surface area contributed by atoms with Crippen LogP contribution in [0.4, 0.5) is 11.4 Å². The van der Waals surface area contributed by atoms with Gasteiger partial charge in [-0.05, 0) is 28.1 Å². The highest BCUT2D eigenvalue weighted by atomic mass is 79.9. The summed E-state index contributed by atoms with van der Waals surface area (Å²) in [5, 5.41) is -0.0308. The van der Waals surface area contributed by atoms with E-state index in [1.54, 1.807) is 12.1 Å². The number of rotatable bonds is 3. The number of aromatic amines is 1. The zero-order valence-corrected chi connectivity index (χ0v) is 12.8. The normalized spacial score (nSPS) is 11.4. The van der Waals surface area contributed by atoms with Crippen LogP contribution in [-0.4, -0.2) is 18.4 Å². The van der Waals surface area contributed by atoms with E-state index < -0.39 is 10.0 Å². The molecule has 0 atom stereocenters. The Morgan fingerprint density at radius 1 is 1.33 bits per heavy atom. The van der Waals surface area contributed by atoms with Gasteiger partial charge < -0.3 is 10.7 Å². The van der Waals surface area contributed by atoms with Gasteiger partial charge in [-0.2, -0.15) is 8.42 Å². The summed E-state index contributed by atoms with van der Waals surface area (Å²) in [5.41, 5.74) is 6.36. The van der Waals surface area contributed by atoms with Crippen molar-refractivity contribution in [1.82, 2.24) is 9.97 Å². The van der Waals surface area contributed by atoms with E-state index in [0.717, 1.165) is 4.47 Å². The molecular formula is C9H8Br2N4O2S. The Hall–Kier alpha value is -1.06. The zero-order valence-electron chi connectivity index (χ0n) is 8.81. The fraction of sp³-hybridized carbons (Fsp3) is 0. The first-order valence-electron chi connectivity index (χ1n) is 4.66. The van der Waals surface area contributed by atoms with Crippen LogP contribution >= 0.6 is 31.9 Å². The molecule has 0 unspecified atom stereocenters. The number of benzene rings is 1. The molecule has 6 nitrogen and oxygen atoms in total. The van der Waals surface area contributed by atoms with Crippen molar-refractivity contribution in [2.75, 3.05) is 10.5 Å². The predicted octanol–water partition coefficient (Wildman–Crippen LogP) is 2.32. The molecule has 0 aliphatic heterocycles. The van der Waals surface area contributed by atoms with Gasteiger partial charge in [-0.15, -0.1) is 0 Å². The highest BCUT2D eigenvalue weighted by molar-refractivity contribution is 9.11. The van der Waals surface area contributed by atoms with Crippen molar-refractivity contribution in [3.8, 4) is 0 Å². The molecule has 4 N–H and O–H groups in total. The number of halogens is 2. The molecule has 0 spiro atoms. The number of hydrogen-bond acceptors (Lipinski definition) is 4. The first kappa shape index (κ1) is 13.4. The third-order valence-corrected chi connectivity index (χ3v) is 4.44. The van der Waals surface area contributed by atoms with Crippen molar-refractivity contribution in [2.24, 2.45) is 0 Å². The van der Waals surface area contributed by atoms with E-state index in [1.165, 1.54) is 12.5 Å². The number of aromatic nitrogens is 2. The van der Waals surface area contributed by atoms with E-state index in [4.69, 9.17) is 5.73 Å². The van der Waals surface area contributed by atoms with Gasteiger partial charge in [-0.3, -0.25) is 4.72 Å². The maximum absolute atomic E-state index is 12.0. The van der Waals surface area contributed by atoms with Gasteiger partial charge in [0.1, 0.15) is 0 Å². The van der Waals surface area contributed by atoms with E-state index in [2.05, 4.69) is 46.5 Å². The Kier molecular flexibility index (Phi) is 3.64. The highest BCUT2D eigenvalue weighted by Crippen LogP contribution is 2.33. The minimum absolute atomic E-state index is 0.0308. The lowest BCUT2D eigenvalue weighted by atomic mass is 10.3. The minimum Gasteiger partial charge on any atom is -0.397 e. The summed E-state index contributed by atoms with van der Waals surface area (Å²) in [6.45, 7) is 0. The van der Waals surface area contributed by atoms with E-state index in [0.29, 0.717) is 10.2 Å². The molecule has 2 rings (SSSR count). The number of nitrogen functional groups attached to an aromatic ring is 1. The van der Waals surface area contributed by atoms with Gasteiger partial charge in [0, 0.05) is 8.95 Å². The van der Waals surface area contributed by atoms with Gasteiger partial charge in [0.2, 0.25) is 0 Å². The molecule has 0 aliphatic carbocycles. The first-order chi connectivity index (χ1) is 8.40. The molecule has 0 aliphatic rings. The second-order valence-corrected chi connectivity index (χ2v) is 6.79. The van der Waals surface area contributed by atoms with E-state index in [1.807, 2.05) is 0 Å². The molecule has 18 heavy (non-hydrogen) atoms. The summed E-state index contributed by atoms with van der Waals surface area (Å²) in [4.78, 5) is 6.18. The summed E-state index contributed by atoms with van der Waals surface area (Å²) in [6.07, 6.45) is 2.50. The third kappa shape index (κ3) is 2.68. The fourth-order valence-electron chi connectivity index (χ4n) is 1.28. The molecule has 1 aromatic heterocycles. The average Bonchev–Trinajstić information content (AvgIpc) is 2.77. The quantitative estimate of drug-likeness (QED) is 0.694. The molecule has 0 saturated carbocycles. The highest BCUT2D eigenvalue weighted by Gasteiger charge is 2.18.